The van der Waals surface area contributed by atoms with Crippen LogP contribution in [0.25, 0.3) is 11.0 Å². The van der Waals surface area contributed by atoms with Gasteiger partial charge >= 0.3 is 0 Å². The molecule has 1 fully saturated rings. The highest BCUT2D eigenvalue weighted by atomic mass is 16.5. The molecule has 128 valence electrons. The number of nitrogens with one attached hydrogen (secondary N) is 1. The standard InChI is InChI=1S/C20H21N3O2/c1-25-16-10-6-14(7-11-16)13-23-18-5-3-2-4-17(18)22-19(23)12-21-20(24)15-8-9-15/h2-7,10-11,15H,8-9,12-13H2,1H3,(H,21,24). The van der Waals surface area contributed by atoms with E-state index in [1.54, 1.807) is 7.11 Å². The number of carbonyl (C=O) groups is 1. The molecule has 0 bridgehead atoms. The summed E-state index contributed by atoms with van der Waals surface area (Å²) in [6.07, 6.45) is 2.02. The van der Waals surface area contributed by atoms with Gasteiger partial charge in [0.15, 0.2) is 0 Å². The number of para-hydroxylation sites is 2. The molecule has 25 heavy (non-hydrogen) atoms. The van der Waals surface area contributed by atoms with Crippen molar-refractivity contribution in [2.75, 3.05) is 7.11 Å². The van der Waals surface area contributed by atoms with Crippen molar-refractivity contribution in [1.82, 2.24) is 14.9 Å². The van der Waals surface area contributed by atoms with Crippen LogP contribution in [0.1, 0.15) is 24.2 Å². The third-order valence-electron chi connectivity index (χ3n) is 4.60. The number of aromatic nitrogens is 2. The largest absolute Gasteiger partial charge is 0.497 e. The van der Waals surface area contributed by atoms with E-state index in [2.05, 4.69) is 28.1 Å². The predicted molar refractivity (Wildman–Crippen MR) is 96.4 cm³/mol. The number of fused-ring (bicyclic) bond motifs is 1. The lowest BCUT2D eigenvalue weighted by Gasteiger charge is -2.11. The maximum Gasteiger partial charge on any atom is 0.223 e. The van der Waals surface area contributed by atoms with Gasteiger partial charge in [0, 0.05) is 12.5 Å². The molecule has 1 N–H and O–H groups in total. The molecule has 1 heterocycles. The lowest BCUT2D eigenvalue weighted by molar-refractivity contribution is -0.122. The summed E-state index contributed by atoms with van der Waals surface area (Å²) < 4.78 is 7.40. The molecule has 0 aliphatic heterocycles. The molecule has 0 radical (unpaired) electrons. The number of ether oxygens (including phenoxy) is 1. The highest BCUT2D eigenvalue weighted by Gasteiger charge is 2.29. The summed E-state index contributed by atoms with van der Waals surface area (Å²) in [6, 6.07) is 16.1. The zero-order valence-electron chi connectivity index (χ0n) is 14.2. The number of hydrogen-bond donors (Lipinski definition) is 1. The van der Waals surface area contributed by atoms with Crippen LogP contribution in [0.3, 0.4) is 0 Å². The minimum Gasteiger partial charge on any atom is -0.497 e. The molecule has 1 aliphatic carbocycles. The molecule has 5 nitrogen and oxygen atoms in total. The average Bonchev–Trinajstić information content (AvgIpc) is 3.44. The number of amides is 1. The summed E-state index contributed by atoms with van der Waals surface area (Å²) in [5.41, 5.74) is 3.19. The van der Waals surface area contributed by atoms with Gasteiger partial charge in [-0.25, -0.2) is 4.98 Å². The first-order chi connectivity index (χ1) is 12.2. The lowest BCUT2D eigenvalue weighted by Crippen LogP contribution is -2.26. The van der Waals surface area contributed by atoms with E-state index in [1.807, 2.05) is 30.3 Å². The third kappa shape index (κ3) is 3.36. The van der Waals surface area contributed by atoms with E-state index in [0.717, 1.165) is 35.4 Å². The maximum absolute atomic E-state index is 12.0. The van der Waals surface area contributed by atoms with Gasteiger partial charge in [0.25, 0.3) is 0 Å². The van der Waals surface area contributed by atoms with Crippen LogP contribution in [0.4, 0.5) is 0 Å². The van der Waals surface area contributed by atoms with Gasteiger partial charge in [-0.2, -0.15) is 0 Å². The molecule has 1 aliphatic rings. The molecule has 2 aromatic carbocycles. The Balaban J connectivity index is 1.62. The molecule has 1 aromatic heterocycles. The highest BCUT2D eigenvalue weighted by molar-refractivity contribution is 5.81. The van der Waals surface area contributed by atoms with E-state index >= 15 is 0 Å². The van der Waals surface area contributed by atoms with Gasteiger partial charge in [-0.05, 0) is 42.7 Å². The Labute approximate surface area is 146 Å². The fourth-order valence-electron chi connectivity index (χ4n) is 3.01. The van der Waals surface area contributed by atoms with E-state index in [9.17, 15) is 4.79 Å². The van der Waals surface area contributed by atoms with E-state index in [1.165, 1.54) is 5.56 Å². The molecular weight excluding hydrogens is 314 g/mol. The summed E-state index contributed by atoms with van der Waals surface area (Å²) in [5, 5.41) is 3.02. The molecule has 1 amide bonds. The van der Waals surface area contributed by atoms with Crippen molar-refractivity contribution in [1.29, 1.82) is 0 Å². The quantitative estimate of drug-likeness (QED) is 0.753. The number of rotatable bonds is 6. The topological polar surface area (TPSA) is 56.1 Å². The summed E-state index contributed by atoms with van der Waals surface area (Å²) >= 11 is 0. The molecule has 5 heteroatoms. The molecular formula is C20H21N3O2. The van der Waals surface area contributed by atoms with E-state index < -0.39 is 0 Å². The molecule has 0 atom stereocenters. The van der Waals surface area contributed by atoms with Crippen molar-refractivity contribution in [3.8, 4) is 5.75 Å². The fraction of sp³-hybridized carbons (Fsp3) is 0.300. The second-order valence-electron chi connectivity index (χ2n) is 6.44. The number of methoxy groups -OCH3 is 1. The van der Waals surface area contributed by atoms with Crippen LogP contribution in [0.15, 0.2) is 48.5 Å². The van der Waals surface area contributed by atoms with Crippen LogP contribution in [-0.4, -0.2) is 22.6 Å². The van der Waals surface area contributed by atoms with Crippen molar-refractivity contribution in [3.05, 3.63) is 59.9 Å². The second kappa shape index (κ2) is 6.59. The number of imidazole rings is 1. The Hall–Kier alpha value is -2.82. The first kappa shape index (κ1) is 15.7. The van der Waals surface area contributed by atoms with E-state index in [4.69, 9.17) is 9.72 Å². The monoisotopic (exact) mass is 335 g/mol. The average molecular weight is 335 g/mol. The normalized spacial score (nSPS) is 13.8. The summed E-state index contributed by atoms with van der Waals surface area (Å²) in [7, 11) is 1.67. The van der Waals surface area contributed by atoms with Crippen LogP contribution in [-0.2, 0) is 17.9 Å². The molecule has 4 rings (SSSR count). The zero-order valence-corrected chi connectivity index (χ0v) is 14.2. The fourth-order valence-corrected chi connectivity index (χ4v) is 3.01. The van der Waals surface area contributed by atoms with Crippen LogP contribution < -0.4 is 10.1 Å². The van der Waals surface area contributed by atoms with Crippen LogP contribution in [0.5, 0.6) is 5.75 Å². The predicted octanol–water partition coefficient (Wildman–Crippen LogP) is 3.12. The molecule has 0 saturated heterocycles. The molecule has 0 spiro atoms. The zero-order chi connectivity index (χ0) is 17.2. The van der Waals surface area contributed by atoms with Crippen molar-refractivity contribution in [3.63, 3.8) is 0 Å². The smallest absolute Gasteiger partial charge is 0.223 e. The number of benzene rings is 2. The number of hydrogen-bond acceptors (Lipinski definition) is 3. The van der Waals surface area contributed by atoms with Crippen molar-refractivity contribution >= 4 is 16.9 Å². The summed E-state index contributed by atoms with van der Waals surface area (Å²) in [5.74, 6) is 2.07. The van der Waals surface area contributed by atoms with Gasteiger partial charge in [-0.1, -0.05) is 24.3 Å². The third-order valence-corrected chi connectivity index (χ3v) is 4.60. The minimum absolute atomic E-state index is 0.142. The molecule has 1 saturated carbocycles. The summed E-state index contributed by atoms with van der Waals surface area (Å²) in [6.45, 7) is 1.17. The Bertz CT molecular complexity index is 895. The minimum atomic E-state index is 0.142. The van der Waals surface area contributed by atoms with Gasteiger partial charge in [0.2, 0.25) is 5.91 Å². The number of nitrogens with zero attached hydrogens (tertiary/aromatic N) is 2. The van der Waals surface area contributed by atoms with Crippen molar-refractivity contribution in [2.45, 2.75) is 25.9 Å². The Kier molecular flexibility index (Phi) is 4.14. The highest BCUT2D eigenvalue weighted by Crippen LogP contribution is 2.29. The van der Waals surface area contributed by atoms with E-state index in [0.29, 0.717) is 13.1 Å². The first-order valence-corrected chi connectivity index (χ1v) is 8.59. The van der Waals surface area contributed by atoms with Crippen LogP contribution in [0, 0.1) is 5.92 Å². The lowest BCUT2D eigenvalue weighted by atomic mass is 10.2. The van der Waals surface area contributed by atoms with E-state index in [-0.39, 0.29) is 11.8 Å². The molecule has 0 unspecified atom stereocenters. The van der Waals surface area contributed by atoms with Gasteiger partial charge in [-0.15, -0.1) is 0 Å². The van der Waals surface area contributed by atoms with Gasteiger partial charge in [-0.3, -0.25) is 4.79 Å². The first-order valence-electron chi connectivity index (χ1n) is 8.59. The van der Waals surface area contributed by atoms with Gasteiger partial charge < -0.3 is 14.6 Å². The van der Waals surface area contributed by atoms with Crippen molar-refractivity contribution < 1.29 is 9.53 Å². The SMILES string of the molecule is COc1ccc(Cn2c(CNC(=O)C3CC3)nc3ccccc32)cc1. The Morgan fingerprint density at radius 1 is 1.20 bits per heavy atom. The number of carbonyl (C=O) groups excluding carboxylic acids is 1. The summed E-state index contributed by atoms with van der Waals surface area (Å²) in [4.78, 5) is 16.7. The van der Waals surface area contributed by atoms with Crippen LogP contribution in [0.2, 0.25) is 0 Å². The van der Waals surface area contributed by atoms with Gasteiger partial charge in [0.05, 0.1) is 24.7 Å². The van der Waals surface area contributed by atoms with Crippen molar-refractivity contribution in [2.24, 2.45) is 5.92 Å². The van der Waals surface area contributed by atoms with Crippen LogP contribution >= 0.6 is 0 Å². The molecule has 3 aromatic rings. The Morgan fingerprint density at radius 2 is 1.96 bits per heavy atom. The maximum atomic E-state index is 12.0. The Morgan fingerprint density at radius 3 is 2.68 bits per heavy atom. The van der Waals surface area contributed by atoms with Gasteiger partial charge in [0.1, 0.15) is 11.6 Å². The second-order valence-corrected chi connectivity index (χ2v) is 6.44.